The summed E-state index contributed by atoms with van der Waals surface area (Å²) in [4.78, 5) is 24.9. The summed E-state index contributed by atoms with van der Waals surface area (Å²) in [6.45, 7) is 4.16. The maximum absolute atomic E-state index is 5.14. The molecule has 4 aromatic heterocycles. The van der Waals surface area contributed by atoms with Gasteiger partial charge in [0.2, 0.25) is 0 Å². The summed E-state index contributed by atoms with van der Waals surface area (Å²) in [7, 11) is 0. The quantitative estimate of drug-likeness (QED) is 0.175. The molecule has 0 aliphatic heterocycles. The van der Waals surface area contributed by atoms with Crippen molar-refractivity contribution in [1.82, 2.24) is 24.9 Å². The fraction of sp³-hybridized carbons (Fsp3) is 0.0444. The largest absolute Gasteiger partial charge is 0.256 e. The fourth-order valence-electron chi connectivity index (χ4n) is 6.82. The number of benzene rings is 5. The summed E-state index contributed by atoms with van der Waals surface area (Å²) in [5, 5.41) is 3.33. The zero-order valence-corrected chi connectivity index (χ0v) is 27.7. The van der Waals surface area contributed by atoms with Crippen LogP contribution in [-0.4, -0.2) is 24.9 Å². The van der Waals surface area contributed by atoms with Crippen LogP contribution in [0.15, 0.2) is 152 Å². The Morgan fingerprint density at radius 3 is 1.94 bits per heavy atom. The molecule has 0 amide bonds. The van der Waals surface area contributed by atoms with Gasteiger partial charge in [0.05, 0.1) is 33.6 Å². The number of aromatic nitrogens is 5. The van der Waals surface area contributed by atoms with Crippen molar-refractivity contribution in [1.29, 1.82) is 0 Å². The number of rotatable bonds is 5. The van der Waals surface area contributed by atoms with Crippen molar-refractivity contribution in [3.63, 3.8) is 0 Å². The molecule has 0 saturated carbocycles. The van der Waals surface area contributed by atoms with Gasteiger partial charge in [0.1, 0.15) is 0 Å². The average molecular weight is 642 g/mol. The Labute approximate surface area is 290 Å². The lowest BCUT2D eigenvalue weighted by Crippen LogP contribution is -1.96. The second-order valence-electron chi connectivity index (χ2n) is 12.7. The highest BCUT2D eigenvalue weighted by Crippen LogP contribution is 2.34. The van der Waals surface area contributed by atoms with Gasteiger partial charge in [0.25, 0.3) is 0 Å². The SMILES string of the molecule is Cc1cc(C)c2ccc3ccc(-c4ccc(-c5nc(-c6ccccc6)cc(-c6cccc(-c7cccc8cccnc78)c6)n5)cc4)nc3c2n1. The van der Waals surface area contributed by atoms with E-state index in [1.165, 1.54) is 5.56 Å². The first kappa shape index (κ1) is 29.5. The third-order valence-electron chi connectivity index (χ3n) is 9.31. The van der Waals surface area contributed by atoms with Crippen LogP contribution >= 0.6 is 0 Å². The minimum atomic E-state index is 0.665. The summed E-state index contributed by atoms with van der Waals surface area (Å²) < 4.78 is 0. The number of hydrogen-bond acceptors (Lipinski definition) is 5. The highest BCUT2D eigenvalue weighted by Gasteiger charge is 2.14. The monoisotopic (exact) mass is 641 g/mol. The molecule has 0 fully saturated rings. The van der Waals surface area contributed by atoms with Gasteiger partial charge in [-0.3, -0.25) is 9.97 Å². The van der Waals surface area contributed by atoms with Crippen LogP contribution in [0.4, 0.5) is 0 Å². The van der Waals surface area contributed by atoms with Crippen LogP contribution in [-0.2, 0) is 0 Å². The van der Waals surface area contributed by atoms with E-state index in [2.05, 4.69) is 128 Å². The average Bonchev–Trinajstić information content (AvgIpc) is 3.17. The highest BCUT2D eigenvalue weighted by atomic mass is 14.9. The van der Waals surface area contributed by atoms with E-state index in [0.717, 1.165) is 88.9 Å². The van der Waals surface area contributed by atoms with E-state index in [0.29, 0.717) is 5.82 Å². The molecule has 0 atom stereocenters. The van der Waals surface area contributed by atoms with Crippen LogP contribution in [0.3, 0.4) is 0 Å². The minimum absolute atomic E-state index is 0.665. The molecule has 5 aromatic carbocycles. The molecule has 0 aliphatic rings. The third kappa shape index (κ3) is 5.35. The number of hydrogen-bond donors (Lipinski definition) is 0. The molecule has 0 saturated heterocycles. The van der Waals surface area contributed by atoms with Gasteiger partial charge in [-0.05, 0) is 55.3 Å². The lowest BCUT2D eigenvalue weighted by atomic mass is 9.98. The molecule has 0 N–H and O–H groups in total. The van der Waals surface area contributed by atoms with Gasteiger partial charge in [-0.15, -0.1) is 0 Å². The smallest absolute Gasteiger partial charge is 0.160 e. The molecule has 0 radical (unpaired) electrons. The van der Waals surface area contributed by atoms with Crippen molar-refractivity contribution >= 4 is 32.7 Å². The number of aryl methyl sites for hydroxylation is 2. The lowest BCUT2D eigenvalue weighted by Gasteiger charge is -2.12. The Morgan fingerprint density at radius 2 is 1.08 bits per heavy atom. The first-order valence-corrected chi connectivity index (χ1v) is 16.7. The second kappa shape index (κ2) is 12.1. The Balaban J connectivity index is 1.13. The fourth-order valence-corrected chi connectivity index (χ4v) is 6.82. The minimum Gasteiger partial charge on any atom is -0.256 e. The standard InChI is InChI=1S/C45H31N5/c1-28-25-29(2)47-44-37(28)22-20-33-21-23-39(48-43(33)44)31-16-18-34(19-17-31)45-49-40(30-9-4-3-5-10-30)27-41(50-45)36-13-6-12-35(26-36)38-15-7-11-32-14-8-24-46-42(32)38/h3-27H,1-2H3. The number of pyridine rings is 3. The molecule has 50 heavy (non-hydrogen) atoms. The van der Waals surface area contributed by atoms with Crippen LogP contribution in [0.1, 0.15) is 11.3 Å². The van der Waals surface area contributed by atoms with Crippen LogP contribution in [0.25, 0.3) is 89.0 Å². The predicted molar refractivity (Wildman–Crippen MR) is 205 cm³/mol. The molecule has 4 heterocycles. The Hall–Kier alpha value is -6.59. The highest BCUT2D eigenvalue weighted by molar-refractivity contribution is 6.04. The van der Waals surface area contributed by atoms with Crippen molar-refractivity contribution in [3.05, 3.63) is 163 Å². The molecule has 0 spiro atoms. The van der Waals surface area contributed by atoms with Gasteiger partial charge < -0.3 is 0 Å². The zero-order valence-electron chi connectivity index (χ0n) is 27.7. The van der Waals surface area contributed by atoms with E-state index in [9.17, 15) is 0 Å². The maximum atomic E-state index is 5.14. The van der Waals surface area contributed by atoms with Crippen molar-refractivity contribution in [3.8, 4) is 56.3 Å². The molecule has 5 nitrogen and oxygen atoms in total. The van der Waals surface area contributed by atoms with E-state index in [-0.39, 0.29) is 0 Å². The van der Waals surface area contributed by atoms with E-state index < -0.39 is 0 Å². The maximum Gasteiger partial charge on any atom is 0.160 e. The van der Waals surface area contributed by atoms with E-state index in [1.54, 1.807) is 0 Å². The second-order valence-corrected chi connectivity index (χ2v) is 12.7. The molecule has 9 aromatic rings. The van der Waals surface area contributed by atoms with Crippen LogP contribution < -0.4 is 0 Å². The number of fused-ring (bicyclic) bond motifs is 4. The first-order valence-electron chi connectivity index (χ1n) is 16.7. The predicted octanol–water partition coefficient (Wildman–Crippen LogP) is 11.1. The Kier molecular flexibility index (Phi) is 7.17. The van der Waals surface area contributed by atoms with Gasteiger partial charge in [-0.2, -0.15) is 0 Å². The van der Waals surface area contributed by atoms with Crippen molar-refractivity contribution in [2.24, 2.45) is 0 Å². The summed E-state index contributed by atoms with van der Waals surface area (Å²) in [6, 6.07) is 50.2. The van der Waals surface area contributed by atoms with Gasteiger partial charge in [-0.25, -0.2) is 15.0 Å². The molecule has 0 unspecified atom stereocenters. The summed E-state index contributed by atoms with van der Waals surface area (Å²) in [6.07, 6.45) is 1.85. The lowest BCUT2D eigenvalue weighted by molar-refractivity contribution is 1.18. The van der Waals surface area contributed by atoms with Crippen molar-refractivity contribution < 1.29 is 0 Å². The van der Waals surface area contributed by atoms with Gasteiger partial charge in [0, 0.05) is 55.9 Å². The molecule has 5 heteroatoms. The van der Waals surface area contributed by atoms with Crippen LogP contribution in [0.2, 0.25) is 0 Å². The van der Waals surface area contributed by atoms with E-state index in [4.69, 9.17) is 24.9 Å². The first-order chi connectivity index (χ1) is 24.6. The van der Waals surface area contributed by atoms with Gasteiger partial charge in [-0.1, -0.05) is 115 Å². The van der Waals surface area contributed by atoms with Crippen LogP contribution in [0.5, 0.6) is 0 Å². The number of nitrogens with zero attached hydrogens (tertiary/aromatic N) is 5. The molecule has 0 aliphatic carbocycles. The molecular weight excluding hydrogens is 611 g/mol. The Bertz CT molecular complexity index is 2710. The topological polar surface area (TPSA) is 64.5 Å². The third-order valence-corrected chi connectivity index (χ3v) is 9.31. The molecule has 9 rings (SSSR count). The molecule has 236 valence electrons. The summed E-state index contributed by atoms with van der Waals surface area (Å²) in [5.41, 5.74) is 13.9. The zero-order chi connectivity index (χ0) is 33.6. The Morgan fingerprint density at radius 1 is 0.400 bits per heavy atom. The van der Waals surface area contributed by atoms with Crippen molar-refractivity contribution in [2.75, 3.05) is 0 Å². The summed E-state index contributed by atoms with van der Waals surface area (Å²) in [5.74, 6) is 0.665. The van der Waals surface area contributed by atoms with Crippen molar-refractivity contribution in [2.45, 2.75) is 13.8 Å². The summed E-state index contributed by atoms with van der Waals surface area (Å²) >= 11 is 0. The van der Waals surface area contributed by atoms with Gasteiger partial charge >= 0.3 is 0 Å². The normalized spacial score (nSPS) is 11.4. The van der Waals surface area contributed by atoms with E-state index in [1.807, 2.05) is 37.4 Å². The molecule has 0 bridgehead atoms. The van der Waals surface area contributed by atoms with Gasteiger partial charge in [0.15, 0.2) is 5.82 Å². The van der Waals surface area contributed by atoms with E-state index >= 15 is 0 Å². The number of para-hydroxylation sites is 1. The van der Waals surface area contributed by atoms with Crippen LogP contribution in [0, 0.1) is 13.8 Å². The molecular formula is C45H31N5.